The average molecular weight is 440 g/mol. The Kier molecular flexibility index (Phi) is 4.79. The standard InChI is InChI=1S/C20H15BrFN5O/c1-13-15(11-24-27(13)18-8-4-2-6-16(18)22)20(28)25-17-7-3-5-9-19(17)26-12-14(21)10-23-26/h2-12H,1H3,(H,25,28). The lowest BCUT2D eigenvalue weighted by molar-refractivity contribution is 0.102. The maximum Gasteiger partial charge on any atom is 0.259 e. The van der Waals surface area contributed by atoms with Crippen LogP contribution in [0.15, 0.2) is 71.6 Å². The second-order valence-corrected chi connectivity index (χ2v) is 7.00. The lowest BCUT2D eigenvalue weighted by Crippen LogP contribution is -2.15. The molecule has 0 atom stereocenters. The number of benzene rings is 2. The molecule has 8 heteroatoms. The molecule has 0 spiro atoms. The van der Waals surface area contributed by atoms with E-state index in [4.69, 9.17) is 0 Å². The number of carbonyl (C=O) groups excluding carboxylic acids is 1. The molecule has 0 unspecified atom stereocenters. The third-order valence-electron chi connectivity index (χ3n) is 4.29. The molecule has 28 heavy (non-hydrogen) atoms. The smallest absolute Gasteiger partial charge is 0.259 e. The van der Waals surface area contributed by atoms with Crippen molar-refractivity contribution in [2.75, 3.05) is 5.32 Å². The predicted molar refractivity (Wildman–Crippen MR) is 107 cm³/mol. The quantitative estimate of drug-likeness (QED) is 0.508. The van der Waals surface area contributed by atoms with Gasteiger partial charge in [0.25, 0.3) is 5.91 Å². The predicted octanol–water partition coefficient (Wildman–Crippen LogP) is 4.52. The molecule has 0 radical (unpaired) electrons. The van der Waals surface area contributed by atoms with Gasteiger partial charge in [0.05, 0.1) is 39.5 Å². The highest BCUT2D eigenvalue weighted by atomic mass is 79.9. The van der Waals surface area contributed by atoms with Crippen molar-refractivity contribution in [3.05, 3.63) is 88.7 Å². The van der Waals surface area contributed by atoms with Crippen molar-refractivity contribution in [2.45, 2.75) is 6.92 Å². The van der Waals surface area contributed by atoms with Gasteiger partial charge in [-0.3, -0.25) is 4.79 Å². The Hall–Kier alpha value is -3.26. The second-order valence-electron chi connectivity index (χ2n) is 6.08. The lowest BCUT2D eigenvalue weighted by Gasteiger charge is -2.11. The average Bonchev–Trinajstić information content (AvgIpc) is 3.28. The lowest BCUT2D eigenvalue weighted by atomic mass is 10.2. The van der Waals surface area contributed by atoms with Crippen molar-refractivity contribution in [1.29, 1.82) is 0 Å². The summed E-state index contributed by atoms with van der Waals surface area (Å²) >= 11 is 3.37. The minimum atomic E-state index is -0.407. The number of anilines is 1. The molecule has 1 N–H and O–H groups in total. The van der Waals surface area contributed by atoms with Crippen molar-refractivity contribution in [1.82, 2.24) is 19.6 Å². The second kappa shape index (κ2) is 7.40. The Labute approximate surface area is 168 Å². The van der Waals surface area contributed by atoms with Gasteiger partial charge in [-0.05, 0) is 47.1 Å². The molecule has 0 aliphatic rings. The van der Waals surface area contributed by atoms with Gasteiger partial charge < -0.3 is 5.32 Å². The third kappa shape index (κ3) is 3.34. The van der Waals surface area contributed by atoms with E-state index in [9.17, 15) is 9.18 Å². The van der Waals surface area contributed by atoms with Crippen molar-refractivity contribution in [3.8, 4) is 11.4 Å². The van der Waals surface area contributed by atoms with Crippen LogP contribution in [0.5, 0.6) is 0 Å². The third-order valence-corrected chi connectivity index (χ3v) is 4.69. The van der Waals surface area contributed by atoms with Crippen LogP contribution in [0.25, 0.3) is 11.4 Å². The zero-order valence-corrected chi connectivity index (χ0v) is 16.4. The first-order valence-electron chi connectivity index (χ1n) is 8.45. The fraction of sp³-hybridized carbons (Fsp3) is 0.0500. The first-order chi connectivity index (χ1) is 13.5. The summed E-state index contributed by atoms with van der Waals surface area (Å²) in [7, 11) is 0. The molecule has 2 aromatic heterocycles. The fourth-order valence-corrected chi connectivity index (χ4v) is 3.19. The molecule has 0 fully saturated rings. The van der Waals surface area contributed by atoms with E-state index in [1.165, 1.54) is 16.9 Å². The molecule has 1 amide bonds. The monoisotopic (exact) mass is 439 g/mol. The van der Waals surface area contributed by atoms with Gasteiger partial charge in [0.15, 0.2) is 0 Å². The molecular formula is C20H15BrFN5O. The molecule has 4 aromatic rings. The number of halogens is 2. The molecule has 140 valence electrons. The summed E-state index contributed by atoms with van der Waals surface area (Å²) in [6.07, 6.45) is 4.90. The summed E-state index contributed by atoms with van der Waals surface area (Å²) in [4.78, 5) is 12.9. The highest BCUT2D eigenvalue weighted by Crippen LogP contribution is 2.23. The Bertz CT molecular complexity index is 1170. The highest BCUT2D eigenvalue weighted by Gasteiger charge is 2.18. The topological polar surface area (TPSA) is 64.7 Å². The van der Waals surface area contributed by atoms with Crippen molar-refractivity contribution < 1.29 is 9.18 Å². The summed E-state index contributed by atoms with van der Waals surface area (Å²) in [5, 5.41) is 11.3. The number of hydrogen-bond acceptors (Lipinski definition) is 3. The van der Waals surface area contributed by atoms with E-state index in [0.29, 0.717) is 22.6 Å². The van der Waals surface area contributed by atoms with Crippen LogP contribution >= 0.6 is 15.9 Å². The van der Waals surface area contributed by atoms with E-state index in [1.54, 1.807) is 48.3 Å². The van der Waals surface area contributed by atoms with Crippen molar-refractivity contribution in [2.24, 2.45) is 0 Å². The van der Waals surface area contributed by atoms with E-state index in [1.807, 2.05) is 18.2 Å². The highest BCUT2D eigenvalue weighted by molar-refractivity contribution is 9.10. The maximum atomic E-state index is 14.1. The van der Waals surface area contributed by atoms with Gasteiger partial charge in [-0.2, -0.15) is 10.2 Å². The number of rotatable bonds is 4. The van der Waals surface area contributed by atoms with Crippen molar-refractivity contribution >= 4 is 27.5 Å². The normalized spacial score (nSPS) is 10.8. The summed E-state index contributed by atoms with van der Waals surface area (Å²) in [5.74, 6) is -0.742. The molecule has 0 bridgehead atoms. The Morgan fingerprint density at radius 3 is 2.46 bits per heavy atom. The van der Waals surface area contributed by atoms with Crippen LogP contribution in [-0.4, -0.2) is 25.5 Å². The van der Waals surface area contributed by atoms with Crippen LogP contribution in [-0.2, 0) is 0 Å². The number of hydrogen-bond donors (Lipinski definition) is 1. The van der Waals surface area contributed by atoms with Crippen LogP contribution in [0, 0.1) is 12.7 Å². The van der Waals surface area contributed by atoms with Gasteiger partial charge >= 0.3 is 0 Å². The minimum Gasteiger partial charge on any atom is -0.320 e. The summed E-state index contributed by atoms with van der Waals surface area (Å²) in [5.41, 5.74) is 2.52. The largest absolute Gasteiger partial charge is 0.320 e. The van der Waals surface area contributed by atoms with Gasteiger partial charge in [0, 0.05) is 6.20 Å². The summed E-state index contributed by atoms with van der Waals surface area (Å²) in [6, 6.07) is 13.6. The van der Waals surface area contributed by atoms with Crippen LogP contribution < -0.4 is 5.32 Å². The zero-order valence-electron chi connectivity index (χ0n) is 14.8. The van der Waals surface area contributed by atoms with E-state index in [2.05, 4.69) is 31.4 Å². The van der Waals surface area contributed by atoms with Gasteiger partial charge in [0.2, 0.25) is 0 Å². The van der Waals surface area contributed by atoms with E-state index in [0.717, 1.165) is 10.2 Å². The zero-order chi connectivity index (χ0) is 19.7. The molecule has 0 saturated carbocycles. The first-order valence-corrected chi connectivity index (χ1v) is 9.24. The molecule has 2 aromatic carbocycles. The SMILES string of the molecule is Cc1c(C(=O)Nc2ccccc2-n2cc(Br)cn2)cnn1-c1ccccc1F. The number of nitrogens with one attached hydrogen (secondary N) is 1. The van der Waals surface area contributed by atoms with Crippen LogP contribution in [0.2, 0.25) is 0 Å². The van der Waals surface area contributed by atoms with Gasteiger partial charge in [0.1, 0.15) is 11.5 Å². The van der Waals surface area contributed by atoms with Crippen LogP contribution in [0.1, 0.15) is 16.1 Å². The van der Waals surface area contributed by atoms with Gasteiger partial charge in [-0.1, -0.05) is 24.3 Å². The van der Waals surface area contributed by atoms with Gasteiger partial charge in [-0.25, -0.2) is 13.8 Å². The number of carbonyl (C=O) groups is 1. The number of para-hydroxylation sites is 3. The molecule has 0 aliphatic heterocycles. The minimum absolute atomic E-state index is 0.292. The van der Waals surface area contributed by atoms with E-state index >= 15 is 0 Å². The number of amides is 1. The van der Waals surface area contributed by atoms with Crippen molar-refractivity contribution in [3.63, 3.8) is 0 Å². The Morgan fingerprint density at radius 2 is 1.75 bits per heavy atom. The van der Waals surface area contributed by atoms with Crippen LogP contribution in [0.4, 0.5) is 10.1 Å². The van der Waals surface area contributed by atoms with Gasteiger partial charge in [-0.15, -0.1) is 0 Å². The Morgan fingerprint density at radius 1 is 1.04 bits per heavy atom. The number of aromatic nitrogens is 4. The maximum absolute atomic E-state index is 14.1. The molecular weight excluding hydrogens is 425 g/mol. The van der Waals surface area contributed by atoms with E-state index in [-0.39, 0.29) is 5.91 Å². The first kappa shape index (κ1) is 18.1. The molecule has 0 saturated heterocycles. The van der Waals surface area contributed by atoms with Crippen LogP contribution in [0.3, 0.4) is 0 Å². The summed E-state index contributed by atoms with van der Waals surface area (Å²) < 4.78 is 18.0. The molecule has 6 nitrogen and oxygen atoms in total. The summed E-state index contributed by atoms with van der Waals surface area (Å²) in [6.45, 7) is 1.73. The van der Waals surface area contributed by atoms with E-state index < -0.39 is 5.82 Å². The molecule has 4 rings (SSSR count). The Balaban J connectivity index is 1.65. The molecule has 0 aliphatic carbocycles. The fourth-order valence-electron chi connectivity index (χ4n) is 2.90. The molecule has 2 heterocycles. The number of nitrogens with zero attached hydrogens (tertiary/aromatic N) is 4.